The number of fused-ring (bicyclic) bond motifs is 1. The maximum absolute atomic E-state index is 6.19. The Hall–Kier alpha value is -2.72. The van der Waals surface area contributed by atoms with E-state index >= 15 is 0 Å². The molecule has 2 aromatic carbocycles. The summed E-state index contributed by atoms with van der Waals surface area (Å²) in [6.45, 7) is 1.98. The Bertz CT molecular complexity index is 1010. The number of para-hydroxylation sites is 2. The molecule has 4 rings (SSSR count). The van der Waals surface area contributed by atoms with Crippen molar-refractivity contribution in [3.8, 4) is 16.9 Å². The maximum Gasteiger partial charge on any atom is 0.0924 e. The summed E-state index contributed by atoms with van der Waals surface area (Å²) in [6, 6.07) is 13.6. The van der Waals surface area contributed by atoms with Crippen LogP contribution in [0.1, 0.15) is 5.56 Å². The van der Waals surface area contributed by atoms with E-state index in [-0.39, 0.29) is 0 Å². The Morgan fingerprint density at radius 1 is 0.957 bits per heavy atom. The molecule has 0 saturated heterocycles. The lowest BCUT2D eigenvalue weighted by Crippen LogP contribution is -1.97. The van der Waals surface area contributed by atoms with Crippen molar-refractivity contribution in [1.29, 1.82) is 0 Å². The van der Waals surface area contributed by atoms with Crippen molar-refractivity contribution in [1.82, 2.24) is 19.7 Å². The molecule has 2 aromatic heterocycles. The second-order valence-electron chi connectivity index (χ2n) is 5.30. The van der Waals surface area contributed by atoms with E-state index < -0.39 is 0 Å². The third kappa shape index (κ3) is 2.47. The molecule has 2 heterocycles. The Kier molecular flexibility index (Phi) is 3.32. The van der Waals surface area contributed by atoms with E-state index in [0.717, 1.165) is 38.6 Å². The first-order valence-electron chi connectivity index (χ1n) is 7.25. The summed E-state index contributed by atoms with van der Waals surface area (Å²) < 4.78 is 1.81. The lowest BCUT2D eigenvalue weighted by atomic mass is 10.2. The molecular weight excluding hydrogens is 308 g/mol. The molecule has 0 spiro atoms. The SMILES string of the molecule is Cc1c(Cl)cccc1-n1cc(-c2cnc3ccccc3n2)cn1. The third-order valence-corrected chi connectivity index (χ3v) is 4.22. The predicted molar refractivity (Wildman–Crippen MR) is 91.8 cm³/mol. The van der Waals surface area contributed by atoms with Gasteiger partial charge >= 0.3 is 0 Å². The number of rotatable bonds is 2. The summed E-state index contributed by atoms with van der Waals surface area (Å²) in [6.07, 6.45) is 5.51. The number of hydrogen-bond acceptors (Lipinski definition) is 3. The van der Waals surface area contributed by atoms with Gasteiger partial charge in [-0.25, -0.2) is 9.67 Å². The molecule has 0 amide bonds. The first kappa shape index (κ1) is 13.9. The molecule has 0 fully saturated rings. The third-order valence-electron chi connectivity index (χ3n) is 3.81. The molecule has 23 heavy (non-hydrogen) atoms. The molecular formula is C18H13ClN4. The summed E-state index contributed by atoms with van der Waals surface area (Å²) in [4.78, 5) is 9.10. The van der Waals surface area contributed by atoms with Gasteiger partial charge in [0.15, 0.2) is 0 Å². The molecule has 0 N–H and O–H groups in total. The van der Waals surface area contributed by atoms with Crippen molar-refractivity contribution in [2.45, 2.75) is 6.92 Å². The first-order chi connectivity index (χ1) is 11.2. The van der Waals surface area contributed by atoms with E-state index in [4.69, 9.17) is 11.6 Å². The lowest BCUT2D eigenvalue weighted by molar-refractivity contribution is 0.873. The second kappa shape index (κ2) is 5.48. The Morgan fingerprint density at radius 2 is 1.78 bits per heavy atom. The Balaban J connectivity index is 1.78. The molecule has 112 valence electrons. The molecule has 0 aliphatic heterocycles. The van der Waals surface area contributed by atoms with Gasteiger partial charge < -0.3 is 0 Å². The fourth-order valence-electron chi connectivity index (χ4n) is 2.53. The van der Waals surface area contributed by atoms with Crippen LogP contribution in [-0.2, 0) is 0 Å². The van der Waals surface area contributed by atoms with Gasteiger partial charge in [-0.2, -0.15) is 5.10 Å². The highest BCUT2D eigenvalue weighted by Crippen LogP contribution is 2.24. The minimum Gasteiger partial charge on any atom is -0.252 e. The topological polar surface area (TPSA) is 43.6 Å². The summed E-state index contributed by atoms with van der Waals surface area (Å²) in [5, 5.41) is 5.16. The monoisotopic (exact) mass is 320 g/mol. The van der Waals surface area contributed by atoms with Crippen LogP contribution in [0, 0.1) is 6.92 Å². The second-order valence-corrected chi connectivity index (χ2v) is 5.71. The van der Waals surface area contributed by atoms with Crippen molar-refractivity contribution >= 4 is 22.6 Å². The highest BCUT2D eigenvalue weighted by molar-refractivity contribution is 6.31. The van der Waals surface area contributed by atoms with E-state index in [1.807, 2.05) is 60.3 Å². The fourth-order valence-corrected chi connectivity index (χ4v) is 2.70. The van der Waals surface area contributed by atoms with Crippen LogP contribution in [0.15, 0.2) is 61.1 Å². The fraction of sp³-hybridized carbons (Fsp3) is 0.0556. The Morgan fingerprint density at radius 3 is 2.65 bits per heavy atom. The van der Waals surface area contributed by atoms with Crippen molar-refractivity contribution in [2.75, 3.05) is 0 Å². The molecule has 4 nitrogen and oxygen atoms in total. The van der Waals surface area contributed by atoms with Crippen LogP contribution in [0.25, 0.3) is 28.0 Å². The molecule has 0 radical (unpaired) electrons. The van der Waals surface area contributed by atoms with E-state index in [0.29, 0.717) is 0 Å². The van der Waals surface area contributed by atoms with Crippen molar-refractivity contribution in [3.05, 3.63) is 71.6 Å². The molecule has 4 aromatic rings. The van der Waals surface area contributed by atoms with Crippen LogP contribution >= 0.6 is 11.6 Å². The number of halogens is 1. The highest BCUT2D eigenvalue weighted by atomic mass is 35.5. The molecule has 0 saturated carbocycles. The largest absolute Gasteiger partial charge is 0.252 e. The molecule has 0 unspecified atom stereocenters. The summed E-state index contributed by atoms with van der Waals surface area (Å²) in [5.41, 5.74) is 5.43. The van der Waals surface area contributed by atoms with Gasteiger partial charge in [0, 0.05) is 16.8 Å². The van der Waals surface area contributed by atoms with Crippen molar-refractivity contribution < 1.29 is 0 Å². The summed E-state index contributed by atoms with van der Waals surface area (Å²) >= 11 is 6.19. The predicted octanol–water partition coefficient (Wildman–Crippen LogP) is 4.44. The van der Waals surface area contributed by atoms with Crippen LogP contribution in [0.4, 0.5) is 0 Å². The van der Waals surface area contributed by atoms with E-state index in [9.17, 15) is 0 Å². The quantitative estimate of drug-likeness (QED) is 0.548. The van der Waals surface area contributed by atoms with Gasteiger partial charge in [0.05, 0.1) is 34.8 Å². The van der Waals surface area contributed by atoms with Crippen molar-refractivity contribution in [3.63, 3.8) is 0 Å². The maximum atomic E-state index is 6.19. The van der Waals surface area contributed by atoms with Gasteiger partial charge in [-0.1, -0.05) is 29.8 Å². The zero-order chi connectivity index (χ0) is 15.8. The number of hydrogen-bond donors (Lipinski definition) is 0. The van der Waals surface area contributed by atoms with Crippen molar-refractivity contribution in [2.24, 2.45) is 0 Å². The number of benzene rings is 2. The van der Waals surface area contributed by atoms with E-state index in [2.05, 4.69) is 15.1 Å². The van der Waals surface area contributed by atoms with Crippen LogP contribution in [0.3, 0.4) is 0 Å². The van der Waals surface area contributed by atoms with Crippen LogP contribution in [-0.4, -0.2) is 19.7 Å². The molecule has 0 bridgehead atoms. The van der Waals surface area contributed by atoms with Crippen LogP contribution in [0.5, 0.6) is 0 Å². The average molecular weight is 321 g/mol. The van der Waals surface area contributed by atoms with Crippen LogP contribution < -0.4 is 0 Å². The first-order valence-corrected chi connectivity index (χ1v) is 7.62. The summed E-state index contributed by atoms with van der Waals surface area (Å²) in [7, 11) is 0. The number of aromatic nitrogens is 4. The highest BCUT2D eigenvalue weighted by Gasteiger charge is 2.09. The van der Waals surface area contributed by atoms with Gasteiger partial charge in [-0.3, -0.25) is 4.98 Å². The molecule has 5 heteroatoms. The zero-order valence-corrected chi connectivity index (χ0v) is 13.2. The standard InChI is InChI=1S/C18H13ClN4/c1-12-14(19)5-4-8-18(12)23-11-13(9-21-23)17-10-20-15-6-2-3-7-16(15)22-17/h2-11H,1H3. The van der Waals surface area contributed by atoms with Gasteiger partial charge in [-0.15, -0.1) is 0 Å². The molecule has 0 aliphatic rings. The van der Waals surface area contributed by atoms with E-state index in [1.54, 1.807) is 12.4 Å². The smallest absolute Gasteiger partial charge is 0.0924 e. The minimum atomic E-state index is 0.727. The normalized spacial score (nSPS) is 11.0. The lowest BCUT2D eigenvalue weighted by Gasteiger charge is -2.06. The van der Waals surface area contributed by atoms with E-state index in [1.165, 1.54) is 0 Å². The van der Waals surface area contributed by atoms with Gasteiger partial charge in [0.1, 0.15) is 0 Å². The van der Waals surface area contributed by atoms with Crippen LogP contribution in [0.2, 0.25) is 5.02 Å². The van der Waals surface area contributed by atoms with Gasteiger partial charge in [0.2, 0.25) is 0 Å². The minimum absolute atomic E-state index is 0.727. The zero-order valence-electron chi connectivity index (χ0n) is 12.4. The van der Waals surface area contributed by atoms with Gasteiger partial charge in [-0.05, 0) is 36.8 Å². The molecule has 0 aliphatic carbocycles. The number of nitrogens with zero attached hydrogens (tertiary/aromatic N) is 4. The summed E-state index contributed by atoms with van der Waals surface area (Å²) in [5.74, 6) is 0. The molecule has 0 atom stereocenters. The Labute approximate surface area is 138 Å². The van der Waals surface area contributed by atoms with Gasteiger partial charge in [0.25, 0.3) is 0 Å². The average Bonchev–Trinajstić information content (AvgIpc) is 3.07.